The molecule has 0 amide bonds. The maximum atomic E-state index is 10.1. The number of nitrogens with zero attached hydrogens (tertiary/aromatic N) is 4. The van der Waals surface area contributed by atoms with Crippen molar-refractivity contribution in [3.63, 3.8) is 0 Å². The van der Waals surface area contributed by atoms with Gasteiger partial charge in [0, 0.05) is 35.3 Å². The molecule has 2 aromatic heterocycles. The molecule has 6 nitrogen and oxygen atoms in total. The number of aliphatic hydroxyl groups is 1. The third kappa shape index (κ3) is 3.34. The van der Waals surface area contributed by atoms with Gasteiger partial charge in [-0.1, -0.05) is 23.4 Å². The zero-order valence-corrected chi connectivity index (χ0v) is 16.2. The van der Waals surface area contributed by atoms with E-state index in [0.29, 0.717) is 0 Å². The van der Waals surface area contributed by atoms with Crippen LogP contribution in [0, 0.1) is 0 Å². The van der Waals surface area contributed by atoms with Crippen LogP contribution < -0.4 is 0 Å². The first kappa shape index (κ1) is 18.1. The Morgan fingerprint density at radius 1 is 1.00 bits per heavy atom. The van der Waals surface area contributed by atoms with E-state index in [2.05, 4.69) is 28.5 Å². The maximum absolute atomic E-state index is 10.1. The lowest BCUT2D eigenvalue weighted by molar-refractivity contribution is 0.100. The predicted molar refractivity (Wildman–Crippen MR) is 111 cm³/mol. The topological polar surface area (TPSA) is 83.5 Å². The molecule has 2 aliphatic rings. The van der Waals surface area contributed by atoms with Crippen LogP contribution in [-0.4, -0.2) is 36.9 Å². The van der Waals surface area contributed by atoms with Crippen LogP contribution in [0.25, 0.3) is 22.4 Å². The number of aryl methyl sites for hydroxylation is 1. The number of aliphatic hydroxyl groups excluding tert-OH is 1. The molecule has 3 aromatic rings. The number of aromatic nitrogens is 3. The van der Waals surface area contributed by atoms with E-state index in [1.165, 1.54) is 5.56 Å². The van der Waals surface area contributed by atoms with Gasteiger partial charge in [0.05, 0.1) is 17.9 Å². The Morgan fingerprint density at radius 2 is 1.86 bits per heavy atom. The highest BCUT2D eigenvalue weighted by Crippen LogP contribution is 2.37. The van der Waals surface area contributed by atoms with Crippen LogP contribution in [0.4, 0.5) is 0 Å². The molecule has 0 spiro atoms. The van der Waals surface area contributed by atoms with Gasteiger partial charge in [0.2, 0.25) is 0 Å². The molecular formula is C23H24N4O2. The largest absolute Gasteiger partial charge is 0.411 e. The van der Waals surface area contributed by atoms with Gasteiger partial charge in [-0.25, -0.2) is 0 Å². The smallest absolute Gasteiger partial charge is 0.100 e. The standard InChI is InChI=1S/C23H24N4O2/c28-19-3-1-2-18(13-19)27-14-21(23(25-27)15-8-10-24-11-9-15)17-4-6-20-16(12-17)5-7-22(20)26-29/h4,6,8-12,14,18-19,28-29H,1-3,5,7,13H2/b26-22+/t18-,19+/m0/s1. The van der Waals surface area contributed by atoms with E-state index in [9.17, 15) is 10.3 Å². The summed E-state index contributed by atoms with van der Waals surface area (Å²) in [6, 6.07) is 10.5. The fraction of sp³-hybridized carbons (Fsp3) is 0.348. The fourth-order valence-corrected chi connectivity index (χ4v) is 4.63. The molecule has 0 unspecified atom stereocenters. The van der Waals surface area contributed by atoms with Gasteiger partial charge in [0.15, 0.2) is 0 Å². The molecule has 1 fully saturated rings. The molecule has 0 bridgehead atoms. The molecule has 0 saturated heterocycles. The summed E-state index contributed by atoms with van der Waals surface area (Å²) in [6.45, 7) is 0. The van der Waals surface area contributed by atoms with Gasteiger partial charge in [0.1, 0.15) is 5.69 Å². The highest BCUT2D eigenvalue weighted by Gasteiger charge is 2.25. The molecule has 148 valence electrons. The Morgan fingerprint density at radius 3 is 2.66 bits per heavy atom. The summed E-state index contributed by atoms with van der Waals surface area (Å²) in [4.78, 5) is 4.14. The van der Waals surface area contributed by atoms with E-state index in [4.69, 9.17) is 5.10 Å². The molecule has 0 radical (unpaired) electrons. The van der Waals surface area contributed by atoms with Crippen molar-refractivity contribution >= 4 is 5.71 Å². The molecule has 1 aromatic carbocycles. The van der Waals surface area contributed by atoms with E-state index >= 15 is 0 Å². The van der Waals surface area contributed by atoms with Crippen LogP contribution in [-0.2, 0) is 6.42 Å². The highest BCUT2D eigenvalue weighted by molar-refractivity contribution is 6.04. The van der Waals surface area contributed by atoms with Crippen LogP contribution in [0.1, 0.15) is 49.3 Å². The fourth-order valence-electron chi connectivity index (χ4n) is 4.63. The molecule has 6 heteroatoms. The first-order valence-corrected chi connectivity index (χ1v) is 10.2. The zero-order chi connectivity index (χ0) is 19.8. The summed E-state index contributed by atoms with van der Waals surface area (Å²) in [7, 11) is 0. The molecular weight excluding hydrogens is 364 g/mol. The number of benzene rings is 1. The van der Waals surface area contributed by atoms with Gasteiger partial charge < -0.3 is 10.3 Å². The molecule has 0 aliphatic heterocycles. The summed E-state index contributed by atoms with van der Waals surface area (Å²) in [5, 5.41) is 27.7. The molecule has 2 aliphatic carbocycles. The van der Waals surface area contributed by atoms with Crippen molar-refractivity contribution in [2.45, 2.75) is 50.7 Å². The minimum absolute atomic E-state index is 0.218. The van der Waals surface area contributed by atoms with E-state index < -0.39 is 0 Å². The minimum Gasteiger partial charge on any atom is -0.411 e. The monoisotopic (exact) mass is 388 g/mol. The van der Waals surface area contributed by atoms with Crippen molar-refractivity contribution in [2.75, 3.05) is 0 Å². The van der Waals surface area contributed by atoms with Gasteiger partial charge in [-0.2, -0.15) is 5.10 Å². The quantitative estimate of drug-likeness (QED) is 0.520. The first-order valence-electron chi connectivity index (χ1n) is 10.2. The van der Waals surface area contributed by atoms with Crippen LogP contribution in [0.3, 0.4) is 0 Å². The normalized spacial score (nSPS) is 22.7. The maximum Gasteiger partial charge on any atom is 0.100 e. The van der Waals surface area contributed by atoms with E-state index in [1.54, 1.807) is 12.4 Å². The average molecular weight is 388 g/mol. The predicted octanol–water partition coefficient (Wildman–Crippen LogP) is 4.21. The molecule has 2 N–H and O–H groups in total. The van der Waals surface area contributed by atoms with Crippen molar-refractivity contribution in [2.24, 2.45) is 5.16 Å². The highest BCUT2D eigenvalue weighted by atomic mass is 16.4. The summed E-state index contributed by atoms with van der Waals surface area (Å²) >= 11 is 0. The Hall–Kier alpha value is -2.99. The summed E-state index contributed by atoms with van der Waals surface area (Å²) in [6.07, 6.45) is 10.8. The zero-order valence-electron chi connectivity index (χ0n) is 16.2. The van der Waals surface area contributed by atoms with Crippen molar-refractivity contribution in [1.29, 1.82) is 0 Å². The minimum atomic E-state index is -0.248. The van der Waals surface area contributed by atoms with Gasteiger partial charge in [-0.3, -0.25) is 9.67 Å². The summed E-state index contributed by atoms with van der Waals surface area (Å²) < 4.78 is 2.04. The number of hydrogen-bond donors (Lipinski definition) is 2. The van der Waals surface area contributed by atoms with Gasteiger partial charge >= 0.3 is 0 Å². The van der Waals surface area contributed by atoms with Crippen LogP contribution in [0.2, 0.25) is 0 Å². The Labute approximate surface area is 169 Å². The lowest BCUT2D eigenvalue weighted by Crippen LogP contribution is -2.22. The van der Waals surface area contributed by atoms with Crippen molar-refractivity contribution in [3.8, 4) is 22.4 Å². The molecule has 29 heavy (non-hydrogen) atoms. The Bertz CT molecular complexity index is 1060. The third-order valence-corrected chi connectivity index (χ3v) is 6.16. The molecule has 2 heterocycles. The van der Waals surface area contributed by atoms with E-state index in [1.807, 2.05) is 22.9 Å². The molecule has 2 atom stereocenters. The number of fused-ring (bicyclic) bond motifs is 1. The molecule has 1 saturated carbocycles. The van der Waals surface area contributed by atoms with Gasteiger partial charge in [-0.15, -0.1) is 0 Å². The van der Waals surface area contributed by atoms with Gasteiger partial charge in [-0.05, 0) is 61.8 Å². The lowest BCUT2D eigenvalue weighted by Gasteiger charge is -2.26. The second-order valence-corrected chi connectivity index (χ2v) is 8.00. The van der Waals surface area contributed by atoms with Crippen LogP contribution in [0.15, 0.2) is 54.1 Å². The van der Waals surface area contributed by atoms with Crippen LogP contribution in [0.5, 0.6) is 0 Å². The van der Waals surface area contributed by atoms with Gasteiger partial charge in [0.25, 0.3) is 0 Å². The second-order valence-electron chi connectivity index (χ2n) is 8.00. The number of rotatable bonds is 3. The average Bonchev–Trinajstić information content (AvgIpc) is 3.38. The number of pyridine rings is 1. The Balaban J connectivity index is 1.60. The second kappa shape index (κ2) is 7.44. The Kier molecular flexibility index (Phi) is 4.64. The SMILES string of the molecule is O/N=C1\CCc2cc(-c3cn([C@H]4CCC[C@@H](O)C4)nc3-c3ccncc3)ccc21. The van der Waals surface area contributed by atoms with Crippen molar-refractivity contribution in [3.05, 3.63) is 60.0 Å². The lowest BCUT2D eigenvalue weighted by atomic mass is 9.93. The van der Waals surface area contributed by atoms with Crippen LogP contribution >= 0.6 is 0 Å². The van der Waals surface area contributed by atoms with E-state index in [-0.39, 0.29) is 12.1 Å². The summed E-state index contributed by atoms with van der Waals surface area (Å²) in [5.74, 6) is 0. The van der Waals surface area contributed by atoms with Crippen molar-refractivity contribution in [1.82, 2.24) is 14.8 Å². The van der Waals surface area contributed by atoms with E-state index in [0.717, 1.165) is 72.2 Å². The first-order chi connectivity index (χ1) is 14.2. The third-order valence-electron chi connectivity index (χ3n) is 6.16. The number of oxime groups is 1. The van der Waals surface area contributed by atoms with Crippen molar-refractivity contribution < 1.29 is 10.3 Å². The number of hydrogen-bond acceptors (Lipinski definition) is 5. The molecule has 5 rings (SSSR count). The summed E-state index contributed by atoms with van der Waals surface area (Å²) in [5.41, 5.74) is 7.14.